The summed E-state index contributed by atoms with van der Waals surface area (Å²) in [5.41, 5.74) is -1.33. The van der Waals surface area contributed by atoms with E-state index in [0.717, 1.165) is 5.56 Å². The van der Waals surface area contributed by atoms with Crippen LogP contribution in [-0.4, -0.2) is 54.8 Å². The summed E-state index contributed by atoms with van der Waals surface area (Å²) < 4.78 is 15.4. The molecule has 29 heavy (non-hydrogen) atoms. The number of esters is 1. The van der Waals surface area contributed by atoms with Crippen molar-refractivity contribution in [1.29, 1.82) is 0 Å². The average molecular weight is 406 g/mol. The van der Waals surface area contributed by atoms with Crippen LogP contribution >= 0.6 is 0 Å². The Morgan fingerprint density at radius 2 is 1.79 bits per heavy atom. The molecule has 0 bridgehead atoms. The Hall–Kier alpha value is -2.77. The first-order valence-electron chi connectivity index (χ1n) is 9.47. The maximum Gasteiger partial charge on any atom is 0.408 e. The summed E-state index contributed by atoms with van der Waals surface area (Å²) in [6.07, 6.45) is -0.763. The molecule has 8 nitrogen and oxygen atoms in total. The lowest BCUT2D eigenvalue weighted by atomic mass is 9.88. The number of benzene rings is 1. The van der Waals surface area contributed by atoms with Gasteiger partial charge < -0.3 is 24.4 Å². The summed E-state index contributed by atoms with van der Waals surface area (Å²) in [5.74, 6) is -1.10. The third kappa shape index (κ3) is 4.81. The SMILES string of the molecule is COC(=O)[C@@H]1CN([C@@H](C)c2ccc(OC)cc2)C(=O)[C@]1(C)NC(=O)OC(C)(C)C. The van der Waals surface area contributed by atoms with Crippen molar-refractivity contribution in [3.05, 3.63) is 29.8 Å². The monoisotopic (exact) mass is 406 g/mol. The van der Waals surface area contributed by atoms with Crippen LogP contribution in [0.25, 0.3) is 0 Å². The Bertz CT molecular complexity index is 770. The van der Waals surface area contributed by atoms with Crippen molar-refractivity contribution in [3.8, 4) is 5.75 Å². The van der Waals surface area contributed by atoms with Gasteiger partial charge in [0.2, 0.25) is 5.91 Å². The number of hydrogen-bond donors (Lipinski definition) is 1. The van der Waals surface area contributed by atoms with Gasteiger partial charge in [-0.2, -0.15) is 0 Å². The second kappa shape index (κ2) is 8.31. The maximum atomic E-state index is 13.3. The van der Waals surface area contributed by atoms with Gasteiger partial charge in [0.25, 0.3) is 0 Å². The Kier molecular flexibility index (Phi) is 6.45. The van der Waals surface area contributed by atoms with E-state index in [1.165, 1.54) is 14.0 Å². The van der Waals surface area contributed by atoms with Crippen LogP contribution in [0.5, 0.6) is 5.75 Å². The molecule has 2 amide bonds. The average Bonchev–Trinajstić information content (AvgIpc) is 2.90. The van der Waals surface area contributed by atoms with Crippen LogP contribution in [0.3, 0.4) is 0 Å². The van der Waals surface area contributed by atoms with Crippen LogP contribution in [0.1, 0.15) is 46.2 Å². The van der Waals surface area contributed by atoms with E-state index in [-0.39, 0.29) is 18.5 Å². The number of nitrogens with one attached hydrogen (secondary N) is 1. The summed E-state index contributed by atoms with van der Waals surface area (Å²) in [5, 5.41) is 2.61. The van der Waals surface area contributed by atoms with Crippen LogP contribution in [0.2, 0.25) is 0 Å². The molecule has 0 aliphatic carbocycles. The van der Waals surface area contributed by atoms with Gasteiger partial charge in [0.1, 0.15) is 22.8 Å². The molecule has 1 aliphatic heterocycles. The Labute approximate surface area is 171 Å². The third-order valence-corrected chi connectivity index (χ3v) is 5.09. The van der Waals surface area contributed by atoms with Crippen molar-refractivity contribution < 1.29 is 28.6 Å². The minimum Gasteiger partial charge on any atom is -0.497 e. The lowest BCUT2D eigenvalue weighted by molar-refractivity contribution is -0.148. The second-order valence-electron chi connectivity index (χ2n) is 8.31. The van der Waals surface area contributed by atoms with Gasteiger partial charge in [0.05, 0.1) is 20.3 Å². The predicted octanol–water partition coefficient (Wildman–Crippen LogP) is 2.67. The van der Waals surface area contributed by atoms with Crippen molar-refractivity contribution in [2.75, 3.05) is 20.8 Å². The van der Waals surface area contributed by atoms with Crippen LogP contribution in [-0.2, 0) is 19.1 Å². The van der Waals surface area contributed by atoms with Crippen molar-refractivity contribution in [2.24, 2.45) is 5.92 Å². The summed E-state index contributed by atoms with van der Waals surface area (Å²) in [6, 6.07) is 7.02. The molecule has 1 aromatic carbocycles. The van der Waals surface area contributed by atoms with Crippen molar-refractivity contribution in [1.82, 2.24) is 10.2 Å². The number of hydrogen-bond acceptors (Lipinski definition) is 6. The predicted molar refractivity (Wildman–Crippen MR) is 106 cm³/mol. The number of carbonyl (C=O) groups excluding carboxylic acids is 3. The molecule has 0 unspecified atom stereocenters. The quantitative estimate of drug-likeness (QED) is 0.756. The number of carbonyl (C=O) groups is 3. The van der Waals surface area contributed by atoms with Gasteiger partial charge in [-0.25, -0.2) is 4.79 Å². The van der Waals surface area contributed by atoms with E-state index < -0.39 is 29.1 Å². The molecule has 0 spiro atoms. The molecule has 160 valence electrons. The smallest absolute Gasteiger partial charge is 0.408 e. The fourth-order valence-corrected chi connectivity index (χ4v) is 3.41. The highest BCUT2D eigenvalue weighted by Gasteiger charge is 2.57. The molecule has 1 N–H and O–H groups in total. The lowest BCUT2D eigenvalue weighted by Gasteiger charge is -2.31. The first-order valence-corrected chi connectivity index (χ1v) is 9.47. The van der Waals surface area contributed by atoms with Gasteiger partial charge in [-0.15, -0.1) is 0 Å². The Morgan fingerprint density at radius 3 is 2.28 bits per heavy atom. The van der Waals surface area contributed by atoms with E-state index in [9.17, 15) is 14.4 Å². The molecule has 8 heteroatoms. The summed E-state index contributed by atoms with van der Waals surface area (Å²) in [7, 11) is 2.84. The summed E-state index contributed by atoms with van der Waals surface area (Å²) in [6.45, 7) is 8.68. The highest BCUT2D eigenvalue weighted by Crippen LogP contribution is 2.36. The zero-order valence-electron chi connectivity index (χ0n) is 18.1. The minimum atomic E-state index is -1.48. The normalized spacial score (nSPS) is 22.8. The minimum absolute atomic E-state index is 0.116. The van der Waals surface area contributed by atoms with Crippen LogP contribution in [0, 0.1) is 5.92 Å². The van der Waals surface area contributed by atoms with E-state index in [1.807, 2.05) is 31.2 Å². The van der Waals surface area contributed by atoms with Gasteiger partial charge in [-0.05, 0) is 52.3 Å². The summed E-state index contributed by atoms with van der Waals surface area (Å²) in [4.78, 5) is 39.7. The van der Waals surface area contributed by atoms with Gasteiger partial charge in [-0.1, -0.05) is 12.1 Å². The molecule has 2 rings (SSSR count). The van der Waals surface area contributed by atoms with Gasteiger partial charge in [-0.3, -0.25) is 9.59 Å². The van der Waals surface area contributed by atoms with Crippen LogP contribution < -0.4 is 10.1 Å². The zero-order chi connectivity index (χ0) is 22.0. The van der Waals surface area contributed by atoms with E-state index in [1.54, 1.807) is 32.8 Å². The lowest BCUT2D eigenvalue weighted by Crippen LogP contribution is -2.58. The topological polar surface area (TPSA) is 94.2 Å². The van der Waals surface area contributed by atoms with Crippen molar-refractivity contribution in [3.63, 3.8) is 0 Å². The van der Waals surface area contributed by atoms with Crippen molar-refractivity contribution >= 4 is 18.0 Å². The molecule has 1 aromatic rings. The number of alkyl carbamates (subject to hydrolysis) is 1. The maximum absolute atomic E-state index is 13.3. The molecule has 3 atom stereocenters. The molecule has 0 saturated carbocycles. The Morgan fingerprint density at radius 1 is 1.21 bits per heavy atom. The molecule has 1 fully saturated rings. The number of ether oxygens (including phenoxy) is 3. The van der Waals surface area contributed by atoms with E-state index >= 15 is 0 Å². The van der Waals surface area contributed by atoms with Gasteiger partial charge >= 0.3 is 12.1 Å². The van der Waals surface area contributed by atoms with Crippen LogP contribution in [0.15, 0.2) is 24.3 Å². The van der Waals surface area contributed by atoms with Crippen molar-refractivity contribution in [2.45, 2.75) is 51.8 Å². The molecular weight excluding hydrogens is 376 g/mol. The first kappa shape index (κ1) is 22.5. The molecule has 1 saturated heterocycles. The highest BCUT2D eigenvalue weighted by molar-refractivity contribution is 5.98. The fourth-order valence-electron chi connectivity index (χ4n) is 3.41. The summed E-state index contributed by atoms with van der Waals surface area (Å²) >= 11 is 0. The number of likely N-dealkylation sites (tertiary alicyclic amines) is 1. The molecular formula is C21H30N2O6. The van der Waals surface area contributed by atoms with Gasteiger partial charge in [0.15, 0.2) is 0 Å². The van der Waals surface area contributed by atoms with E-state index in [0.29, 0.717) is 5.75 Å². The van der Waals surface area contributed by atoms with E-state index in [2.05, 4.69) is 5.32 Å². The van der Waals surface area contributed by atoms with Gasteiger partial charge in [0, 0.05) is 6.54 Å². The Balaban J connectivity index is 2.31. The first-order chi connectivity index (χ1) is 13.4. The third-order valence-electron chi connectivity index (χ3n) is 5.09. The second-order valence-corrected chi connectivity index (χ2v) is 8.31. The standard InChI is InChI=1S/C21H30N2O6/c1-13(14-8-10-15(27-6)11-9-14)23-12-16(17(24)28-7)21(5,18(23)25)22-19(26)29-20(2,3)4/h8-11,13,16H,12H2,1-7H3,(H,22,26)/t13-,16-,21+/m0/s1. The number of nitrogens with zero attached hydrogens (tertiary/aromatic N) is 1. The number of methoxy groups -OCH3 is 2. The highest BCUT2D eigenvalue weighted by atomic mass is 16.6. The molecule has 0 radical (unpaired) electrons. The number of rotatable bonds is 5. The zero-order valence-corrected chi connectivity index (χ0v) is 18.1. The number of amides is 2. The molecule has 1 heterocycles. The molecule has 1 aliphatic rings. The van der Waals surface area contributed by atoms with Crippen LogP contribution in [0.4, 0.5) is 4.79 Å². The largest absolute Gasteiger partial charge is 0.497 e. The molecule has 0 aromatic heterocycles. The fraction of sp³-hybridized carbons (Fsp3) is 0.571. The van der Waals surface area contributed by atoms with E-state index in [4.69, 9.17) is 14.2 Å².